The van der Waals surface area contributed by atoms with Crippen LogP contribution in [0.1, 0.15) is 12.5 Å². The van der Waals surface area contributed by atoms with E-state index in [0.717, 1.165) is 13.0 Å². The predicted octanol–water partition coefficient (Wildman–Crippen LogP) is 1.66. The van der Waals surface area contributed by atoms with Crippen molar-refractivity contribution in [2.24, 2.45) is 5.73 Å². The fourth-order valence-electron chi connectivity index (χ4n) is 1.64. The molecular weight excluding hydrogens is 200 g/mol. The number of methoxy groups -OCH3 is 1. The summed E-state index contributed by atoms with van der Waals surface area (Å²) in [5, 5.41) is 0. The molecule has 1 aromatic carbocycles. The van der Waals surface area contributed by atoms with Crippen LogP contribution in [0, 0.1) is 0 Å². The Morgan fingerprint density at radius 2 is 1.94 bits per heavy atom. The van der Waals surface area contributed by atoms with E-state index in [0.29, 0.717) is 6.54 Å². The molecule has 0 bridgehead atoms. The minimum absolute atomic E-state index is 0.0934. The van der Waals surface area contributed by atoms with Gasteiger partial charge in [-0.15, -0.1) is 0 Å². The topological polar surface area (TPSA) is 38.5 Å². The summed E-state index contributed by atoms with van der Waals surface area (Å²) < 4.78 is 5.27. The summed E-state index contributed by atoms with van der Waals surface area (Å²) in [6.45, 7) is 3.53. The van der Waals surface area contributed by atoms with E-state index in [1.807, 2.05) is 0 Å². The predicted molar refractivity (Wildman–Crippen MR) is 68.9 cm³/mol. The molecular formula is C13H22N2O. The number of rotatable bonds is 6. The van der Waals surface area contributed by atoms with Crippen molar-refractivity contribution in [3.05, 3.63) is 29.8 Å². The number of nitrogens with zero attached hydrogens (tertiary/aromatic N) is 1. The number of ether oxygens (including phenoxy) is 1. The molecule has 16 heavy (non-hydrogen) atoms. The average Bonchev–Trinajstić information content (AvgIpc) is 2.35. The van der Waals surface area contributed by atoms with Gasteiger partial charge in [0.05, 0.1) is 6.10 Å². The van der Waals surface area contributed by atoms with Crippen molar-refractivity contribution in [2.75, 3.05) is 32.1 Å². The van der Waals surface area contributed by atoms with Gasteiger partial charge in [0, 0.05) is 32.9 Å². The van der Waals surface area contributed by atoms with Crippen LogP contribution in [-0.2, 0) is 11.2 Å². The minimum atomic E-state index is 0.0934. The highest BCUT2D eigenvalue weighted by molar-refractivity contribution is 5.47. The van der Waals surface area contributed by atoms with Crippen LogP contribution in [0.5, 0.6) is 0 Å². The van der Waals surface area contributed by atoms with Gasteiger partial charge in [-0.3, -0.25) is 0 Å². The van der Waals surface area contributed by atoms with Gasteiger partial charge in [-0.25, -0.2) is 0 Å². The van der Waals surface area contributed by atoms with Crippen LogP contribution in [0.25, 0.3) is 0 Å². The summed E-state index contributed by atoms with van der Waals surface area (Å²) in [5.41, 5.74) is 8.17. The molecule has 2 N–H and O–H groups in total. The first-order chi connectivity index (χ1) is 7.71. The smallest absolute Gasteiger partial charge is 0.0867 e. The molecule has 1 atom stereocenters. The average molecular weight is 222 g/mol. The van der Waals surface area contributed by atoms with Crippen molar-refractivity contribution in [1.82, 2.24) is 0 Å². The van der Waals surface area contributed by atoms with Crippen LogP contribution in [0.2, 0.25) is 0 Å². The Hall–Kier alpha value is -1.06. The largest absolute Gasteiger partial charge is 0.378 e. The van der Waals surface area contributed by atoms with Gasteiger partial charge in [0.15, 0.2) is 0 Å². The number of likely N-dealkylation sites (N-methyl/N-ethyl adjacent to an activating group) is 1. The lowest BCUT2D eigenvalue weighted by Crippen LogP contribution is -2.35. The van der Waals surface area contributed by atoms with Crippen molar-refractivity contribution >= 4 is 5.69 Å². The number of aryl methyl sites for hydroxylation is 1. The first kappa shape index (κ1) is 13.0. The summed E-state index contributed by atoms with van der Waals surface area (Å²) in [6.07, 6.45) is 1.17. The highest BCUT2D eigenvalue weighted by Crippen LogP contribution is 2.14. The molecule has 0 aliphatic carbocycles. The minimum Gasteiger partial charge on any atom is -0.378 e. The Labute approximate surface area is 98.2 Å². The van der Waals surface area contributed by atoms with Crippen LogP contribution in [-0.4, -0.2) is 33.4 Å². The first-order valence-corrected chi connectivity index (χ1v) is 5.74. The van der Waals surface area contributed by atoms with E-state index in [-0.39, 0.29) is 6.10 Å². The lowest BCUT2D eigenvalue weighted by Gasteiger charge is -2.24. The molecule has 0 saturated carbocycles. The molecule has 3 heteroatoms. The van der Waals surface area contributed by atoms with Crippen molar-refractivity contribution in [2.45, 2.75) is 19.4 Å². The van der Waals surface area contributed by atoms with Gasteiger partial charge in [0.25, 0.3) is 0 Å². The molecule has 0 fully saturated rings. The van der Waals surface area contributed by atoms with Crippen LogP contribution in [0.15, 0.2) is 24.3 Å². The fourth-order valence-corrected chi connectivity index (χ4v) is 1.64. The second-order valence-corrected chi connectivity index (χ2v) is 3.99. The third-order valence-corrected chi connectivity index (χ3v) is 2.86. The van der Waals surface area contributed by atoms with E-state index < -0.39 is 0 Å². The quantitative estimate of drug-likeness (QED) is 0.795. The standard InChI is InChI=1S/C13H22N2O/c1-4-11-5-7-12(8-6-11)15(2)10-13(9-14)16-3/h5-8,13H,4,9-10,14H2,1-3H3. The van der Waals surface area contributed by atoms with Crippen LogP contribution >= 0.6 is 0 Å². The van der Waals surface area contributed by atoms with Crippen molar-refractivity contribution in [3.63, 3.8) is 0 Å². The van der Waals surface area contributed by atoms with Crippen LogP contribution in [0.3, 0.4) is 0 Å². The summed E-state index contributed by atoms with van der Waals surface area (Å²) >= 11 is 0. The number of benzene rings is 1. The van der Waals surface area contributed by atoms with E-state index in [9.17, 15) is 0 Å². The van der Waals surface area contributed by atoms with Crippen LogP contribution < -0.4 is 10.6 Å². The van der Waals surface area contributed by atoms with Crippen molar-refractivity contribution < 1.29 is 4.74 Å². The second-order valence-electron chi connectivity index (χ2n) is 3.99. The number of nitrogens with two attached hydrogens (primary N) is 1. The SMILES string of the molecule is CCc1ccc(N(C)CC(CN)OC)cc1. The first-order valence-electron chi connectivity index (χ1n) is 5.74. The highest BCUT2D eigenvalue weighted by atomic mass is 16.5. The van der Waals surface area contributed by atoms with Crippen molar-refractivity contribution in [1.29, 1.82) is 0 Å². The second kappa shape index (κ2) is 6.51. The lowest BCUT2D eigenvalue weighted by atomic mass is 10.1. The Morgan fingerprint density at radius 3 is 2.38 bits per heavy atom. The van der Waals surface area contributed by atoms with Gasteiger partial charge in [-0.05, 0) is 24.1 Å². The zero-order valence-corrected chi connectivity index (χ0v) is 10.4. The molecule has 0 amide bonds. The van der Waals surface area contributed by atoms with Gasteiger partial charge >= 0.3 is 0 Å². The number of hydrogen-bond donors (Lipinski definition) is 1. The number of hydrogen-bond acceptors (Lipinski definition) is 3. The number of anilines is 1. The van der Waals surface area contributed by atoms with E-state index in [1.54, 1.807) is 7.11 Å². The Kier molecular flexibility index (Phi) is 5.29. The van der Waals surface area contributed by atoms with Gasteiger partial charge in [-0.2, -0.15) is 0 Å². The third kappa shape index (κ3) is 3.51. The van der Waals surface area contributed by atoms with Gasteiger partial charge in [0.1, 0.15) is 0 Å². The van der Waals surface area contributed by atoms with E-state index in [2.05, 4.69) is 43.1 Å². The van der Waals surface area contributed by atoms with Crippen LogP contribution in [0.4, 0.5) is 5.69 Å². The summed E-state index contributed by atoms with van der Waals surface area (Å²) in [4.78, 5) is 2.17. The summed E-state index contributed by atoms with van der Waals surface area (Å²) in [7, 11) is 3.76. The van der Waals surface area contributed by atoms with Crippen molar-refractivity contribution in [3.8, 4) is 0 Å². The zero-order valence-electron chi connectivity index (χ0n) is 10.4. The monoisotopic (exact) mass is 222 g/mol. The third-order valence-electron chi connectivity index (χ3n) is 2.86. The van der Waals surface area contributed by atoms with E-state index in [4.69, 9.17) is 10.5 Å². The molecule has 1 unspecified atom stereocenters. The molecule has 1 rings (SSSR count). The van der Waals surface area contributed by atoms with Gasteiger partial charge in [-0.1, -0.05) is 19.1 Å². The molecule has 0 aromatic heterocycles. The Morgan fingerprint density at radius 1 is 1.31 bits per heavy atom. The molecule has 0 saturated heterocycles. The Balaban J connectivity index is 2.61. The van der Waals surface area contributed by atoms with E-state index in [1.165, 1.54) is 11.3 Å². The molecule has 3 nitrogen and oxygen atoms in total. The maximum Gasteiger partial charge on any atom is 0.0867 e. The molecule has 0 radical (unpaired) electrons. The molecule has 1 aromatic rings. The molecule has 0 aliphatic heterocycles. The molecule has 0 aliphatic rings. The Bertz CT molecular complexity index is 293. The zero-order chi connectivity index (χ0) is 12.0. The van der Waals surface area contributed by atoms with Gasteiger partial charge in [0.2, 0.25) is 0 Å². The maximum atomic E-state index is 5.60. The lowest BCUT2D eigenvalue weighted by molar-refractivity contribution is 0.115. The molecule has 0 spiro atoms. The van der Waals surface area contributed by atoms with Gasteiger partial charge < -0.3 is 15.4 Å². The normalized spacial score (nSPS) is 12.5. The highest BCUT2D eigenvalue weighted by Gasteiger charge is 2.09. The molecule has 90 valence electrons. The summed E-state index contributed by atoms with van der Waals surface area (Å²) in [6, 6.07) is 8.61. The maximum absolute atomic E-state index is 5.60. The fraction of sp³-hybridized carbons (Fsp3) is 0.538. The molecule has 0 heterocycles. The van der Waals surface area contributed by atoms with E-state index >= 15 is 0 Å². The summed E-state index contributed by atoms with van der Waals surface area (Å²) in [5.74, 6) is 0.